The van der Waals surface area contributed by atoms with Crippen LogP contribution in [0.3, 0.4) is 0 Å². The number of allylic oxidation sites excluding steroid dienone is 2. The fraction of sp³-hybridized carbons (Fsp3) is 0.267. The summed E-state index contributed by atoms with van der Waals surface area (Å²) in [5.41, 5.74) is 8.59. The summed E-state index contributed by atoms with van der Waals surface area (Å²) in [5.74, 6) is 0.902. The van der Waals surface area contributed by atoms with Crippen molar-refractivity contribution in [3.05, 3.63) is 49.8 Å². The molecule has 1 aliphatic carbocycles. The fourth-order valence-electron chi connectivity index (χ4n) is 2.53. The van der Waals surface area contributed by atoms with Crippen LogP contribution in [0, 0.1) is 5.92 Å². The molecule has 3 rings (SSSR count). The maximum absolute atomic E-state index is 6.32. The van der Waals surface area contributed by atoms with Gasteiger partial charge in [-0.05, 0) is 64.5 Å². The van der Waals surface area contributed by atoms with Gasteiger partial charge >= 0.3 is 0 Å². The molecule has 1 aliphatic heterocycles. The molecule has 0 amide bonds. The predicted molar refractivity (Wildman–Crippen MR) is 97.6 cm³/mol. The van der Waals surface area contributed by atoms with Crippen molar-refractivity contribution < 1.29 is 0 Å². The van der Waals surface area contributed by atoms with Crippen LogP contribution in [0.15, 0.2) is 54.8 Å². The molecular formula is C15H15Br2N3S. The first-order valence-corrected chi connectivity index (χ1v) is 9.14. The molecule has 0 bridgehead atoms. The third-order valence-electron chi connectivity index (χ3n) is 3.57. The highest BCUT2D eigenvalue weighted by Gasteiger charge is 2.25. The van der Waals surface area contributed by atoms with Gasteiger partial charge in [0.1, 0.15) is 5.84 Å². The highest BCUT2D eigenvalue weighted by Crippen LogP contribution is 2.37. The lowest BCUT2D eigenvalue weighted by Crippen LogP contribution is -2.30. The van der Waals surface area contributed by atoms with E-state index in [0.717, 1.165) is 34.0 Å². The highest BCUT2D eigenvalue weighted by atomic mass is 79.9. The van der Waals surface area contributed by atoms with Gasteiger partial charge in [0.2, 0.25) is 0 Å². The van der Waals surface area contributed by atoms with Crippen LogP contribution in [-0.2, 0) is 0 Å². The van der Waals surface area contributed by atoms with Gasteiger partial charge in [-0.2, -0.15) is 0 Å². The number of nitrogens with zero attached hydrogens (tertiary/aromatic N) is 1. The molecule has 1 unspecified atom stereocenters. The molecule has 1 heterocycles. The first kappa shape index (κ1) is 15.3. The number of hydrogen-bond acceptors (Lipinski definition) is 3. The van der Waals surface area contributed by atoms with Crippen LogP contribution in [0.2, 0.25) is 0 Å². The topological polar surface area (TPSA) is 50.4 Å². The van der Waals surface area contributed by atoms with E-state index in [2.05, 4.69) is 53.7 Å². The Hall–Kier alpha value is -0.560. The number of halogens is 2. The second-order valence-corrected chi connectivity index (χ2v) is 7.66. The summed E-state index contributed by atoms with van der Waals surface area (Å²) < 4.78 is 5.27. The summed E-state index contributed by atoms with van der Waals surface area (Å²) in [5, 5.41) is 0. The first-order valence-electron chi connectivity index (χ1n) is 6.73. The second-order valence-electron chi connectivity index (χ2n) is 4.96. The van der Waals surface area contributed by atoms with Crippen molar-refractivity contribution in [2.45, 2.75) is 12.8 Å². The minimum absolute atomic E-state index is 0.213. The smallest absolute Gasteiger partial charge is 0.107 e. The molecule has 0 aromatic heterocycles. The minimum Gasteiger partial charge on any atom is -0.387 e. The van der Waals surface area contributed by atoms with Crippen molar-refractivity contribution in [3.63, 3.8) is 0 Å². The van der Waals surface area contributed by atoms with Crippen molar-refractivity contribution >= 4 is 55.3 Å². The standard InChI is InChI=1S/C15H15Br2N3S/c16-9-4-5-12(17)13(8-9)20-15(18)11-2-1-3-14-10(11)6-7-19-21-14/h1,3-5,8,11,19H,2,6-7H2,(H2,18,20). The van der Waals surface area contributed by atoms with Crippen molar-refractivity contribution in [2.24, 2.45) is 16.6 Å². The molecule has 0 radical (unpaired) electrons. The lowest BCUT2D eigenvalue weighted by molar-refractivity contribution is 0.719. The van der Waals surface area contributed by atoms with E-state index in [1.54, 1.807) is 11.9 Å². The van der Waals surface area contributed by atoms with E-state index >= 15 is 0 Å². The zero-order valence-corrected chi connectivity index (χ0v) is 15.3. The zero-order chi connectivity index (χ0) is 14.8. The maximum Gasteiger partial charge on any atom is 0.107 e. The Kier molecular flexibility index (Phi) is 4.88. The summed E-state index contributed by atoms with van der Waals surface area (Å²) in [6.45, 7) is 0.988. The average molecular weight is 429 g/mol. The molecule has 0 saturated heterocycles. The molecule has 1 aromatic rings. The third-order valence-corrected chi connectivity index (χ3v) is 5.70. The van der Waals surface area contributed by atoms with Gasteiger partial charge in [-0.1, -0.05) is 28.1 Å². The molecular weight excluding hydrogens is 414 g/mol. The van der Waals surface area contributed by atoms with Gasteiger partial charge in [0.15, 0.2) is 0 Å². The molecule has 3 N–H and O–H groups in total. The summed E-state index contributed by atoms with van der Waals surface area (Å²) in [4.78, 5) is 5.95. The molecule has 0 fully saturated rings. The number of rotatable bonds is 2. The summed E-state index contributed by atoms with van der Waals surface area (Å²) in [7, 11) is 0. The SMILES string of the molecule is NC(=Nc1cc(Br)ccc1Br)C1CC=CC2=C1CCNS2. The molecule has 2 aliphatic rings. The molecule has 6 heteroatoms. The van der Waals surface area contributed by atoms with E-state index < -0.39 is 0 Å². The summed E-state index contributed by atoms with van der Waals surface area (Å²) >= 11 is 8.70. The van der Waals surface area contributed by atoms with Gasteiger partial charge in [-0.3, -0.25) is 4.72 Å². The first-order chi connectivity index (χ1) is 10.1. The minimum atomic E-state index is 0.213. The molecule has 21 heavy (non-hydrogen) atoms. The maximum atomic E-state index is 6.32. The van der Waals surface area contributed by atoms with Crippen LogP contribution in [-0.4, -0.2) is 12.4 Å². The van der Waals surface area contributed by atoms with Crippen LogP contribution in [0.5, 0.6) is 0 Å². The predicted octanol–water partition coefficient (Wildman–Crippen LogP) is 4.67. The number of benzene rings is 1. The van der Waals surface area contributed by atoms with Crippen molar-refractivity contribution in [1.29, 1.82) is 0 Å². The van der Waals surface area contributed by atoms with Crippen LogP contribution < -0.4 is 10.5 Å². The average Bonchev–Trinajstić information content (AvgIpc) is 2.50. The Balaban J connectivity index is 1.92. The molecule has 0 spiro atoms. The number of nitrogens with one attached hydrogen (secondary N) is 1. The molecule has 3 nitrogen and oxygen atoms in total. The third kappa shape index (κ3) is 3.44. The van der Waals surface area contributed by atoms with E-state index in [1.807, 2.05) is 18.2 Å². The quantitative estimate of drug-likeness (QED) is 0.408. The fourth-order valence-corrected chi connectivity index (χ4v) is 4.12. The highest BCUT2D eigenvalue weighted by molar-refractivity contribution is 9.11. The summed E-state index contributed by atoms with van der Waals surface area (Å²) in [6, 6.07) is 5.93. The summed E-state index contributed by atoms with van der Waals surface area (Å²) in [6.07, 6.45) is 6.33. The van der Waals surface area contributed by atoms with E-state index in [0.29, 0.717) is 5.84 Å². The van der Waals surface area contributed by atoms with Crippen molar-refractivity contribution in [2.75, 3.05) is 6.54 Å². The molecule has 1 atom stereocenters. The van der Waals surface area contributed by atoms with Gasteiger partial charge in [-0.25, -0.2) is 4.99 Å². The van der Waals surface area contributed by atoms with Crippen LogP contribution in [0.4, 0.5) is 5.69 Å². The Labute approximate surface area is 145 Å². The van der Waals surface area contributed by atoms with Crippen LogP contribution in [0.1, 0.15) is 12.8 Å². The lowest BCUT2D eigenvalue weighted by atomic mass is 9.88. The van der Waals surface area contributed by atoms with Gasteiger partial charge < -0.3 is 5.73 Å². The van der Waals surface area contributed by atoms with Gasteiger partial charge in [0, 0.05) is 26.3 Å². The molecule has 110 valence electrons. The van der Waals surface area contributed by atoms with Crippen LogP contribution >= 0.6 is 43.8 Å². The normalized spacial score (nSPS) is 22.4. The van der Waals surface area contributed by atoms with E-state index in [4.69, 9.17) is 5.73 Å². The number of hydrogen-bond donors (Lipinski definition) is 2. The number of nitrogens with two attached hydrogens (primary N) is 1. The monoisotopic (exact) mass is 427 g/mol. The second kappa shape index (κ2) is 6.69. The molecule has 1 aromatic carbocycles. The molecule has 0 saturated carbocycles. The van der Waals surface area contributed by atoms with Gasteiger partial charge in [0.25, 0.3) is 0 Å². The number of amidine groups is 1. The Bertz CT molecular complexity index is 652. The van der Waals surface area contributed by atoms with Crippen LogP contribution in [0.25, 0.3) is 0 Å². The zero-order valence-electron chi connectivity index (χ0n) is 11.3. The lowest BCUT2D eigenvalue weighted by Gasteiger charge is -2.28. The van der Waals surface area contributed by atoms with Crippen molar-refractivity contribution in [1.82, 2.24) is 4.72 Å². The van der Waals surface area contributed by atoms with Gasteiger partial charge in [0.05, 0.1) is 5.69 Å². The van der Waals surface area contributed by atoms with E-state index in [-0.39, 0.29) is 5.92 Å². The van der Waals surface area contributed by atoms with Gasteiger partial charge in [-0.15, -0.1) is 0 Å². The number of aliphatic imine (C=N–C) groups is 1. The van der Waals surface area contributed by atoms with Crippen molar-refractivity contribution in [3.8, 4) is 0 Å². The largest absolute Gasteiger partial charge is 0.387 e. The van der Waals surface area contributed by atoms with E-state index in [1.165, 1.54) is 10.5 Å². The van der Waals surface area contributed by atoms with E-state index in [9.17, 15) is 0 Å². The Morgan fingerprint density at radius 3 is 3.10 bits per heavy atom. The Morgan fingerprint density at radius 1 is 1.38 bits per heavy atom. The Morgan fingerprint density at radius 2 is 2.24 bits per heavy atom.